The molecule has 0 bridgehead atoms. The van der Waals surface area contributed by atoms with Crippen LogP contribution in [0.5, 0.6) is 0 Å². The fourth-order valence-electron chi connectivity index (χ4n) is 4.30. The summed E-state index contributed by atoms with van der Waals surface area (Å²) < 4.78 is 27.0. The number of amides is 1. The summed E-state index contributed by atoms with van der Waals surface area (Å²) in [5, 5.41) is 93.2. The van der Waals surface area contributed by atoms with Crippen molar-refractivity contribution in [1.82, 2.24) is 5.32 Å². The molecule has 3 aliphatic rings. The van der Waals surface area contributed by atoms with Gasteiger partial charge in [0.05, 0.1) is 19.3 Å². The van der Waals surface area contributed by atoms with E-state index in [1.54, 1.807) is 0 Å². The van der Waals surface area contributed by atoms with Crippen LogP contribution in [0.1, 0.15) is 13.8 Å². The monoisotopic (exact) mass is 529 g/mol. The Morgan fingerprint density at radius 3 is 2.00 bits per heavy atom. The normalized spacial score (nSPS) is 50.0. The third-order valence-electron chi connectivity index (χ3n) is 6.44. The Kier molecular flexibility index (Phi) is 9.97. The first-order chi connectivity index (χ1) is 16.9. The average Bonchev–Trinajstić information content (AvgIpc) is 2.83. The standard InChI is InChI=1S/C20H35NO15/c1-5-10(24)13(27)16(30)20(33-5)36-17-9(21-6(2)23)18(31)34-8(12(17)26)4-32-19-15(29)14(28)11(25)7(3-22)35-19/h5,7-20,22,24-31H,3-4H2,1-2H3,(H,21,23)/t5-,7+,8+,9+,10+,11-,12+,13+,14-,15+,16-,17+,18-,19+,20-/m0/s1. The fraction of sp³-hybridized carbons (Fsp3) is 0.950. The molecule has 3 aliphatic heterocycles. The SMILES string of the molecule is CC(=O)N[C@@H]1[C@@H](O[C@@H]2O[C@@H](C)[C@@H](O)[C@@H](O)[C@@H]2O)[C@H](O)[C@@H](CO[C@@H]2O[C@H](CO)[C@H](O)[C@H](O)[C@H]2O)O[C@@H]1O. The first-order valence-corrected chi connectivity index (χ1v) is 11.4. The van der Waals surface area contributed by atoms with E-state index in [1.807, 2.05) is 0 Å². The van der Waals surface area contributed by atoms with Crippen LogP contribution in [-0.4, -0.2) is 157 Å². The zero-order valence-corrected chi connectivity index (χ0v) is 19.5. The first-order valence-electron chi connectivity index (χ1n) is 11.4. The Bertz CT molecular complexity index is 729. The number of aliphatic hydroxyl groups excluding tert-OH is 9. The van der Waals surface area contributed by atoms with Gasteiger partial charge in [0.1, 0.15) is 67.1 Å². The number of carbonyl (C=O) groups is 1. The van der Waals surface area contributed by atoms with E-state index in [2.05, 4.69) is 5.32 Å². The van der Waals surface area contributed by atoms with Crippen molar-refractivity contribution in [3.8, 4) is 0 Å². The van der Waals surface area contributed by atoms with Gasteiger partial charge in [0.2, 0.25) is 5.91 Å². The molecule has 0 aromatic carbocycles. The largest absolute Gasteiger partial charge is 0.394 e. The van der Waals surface area contributed by atoms with E-state index in [0.29, 0.717) is 0 Å². The summed E-state index contributed by atoms with van der Waals surface area (Å²) in [6.07, 6.45) is -21.5. The number of hydrogen-bond acceptors (Lipinski definition) is 15. The van der Waals surface area contributed by atoms with E-state index in [0.717, 1.165) is 6.92 Å². The minimum absolute atomic E-state index is 0.570. The Balaban J connectivity index is 1.73. The van der Waals surface area contributed by atoms with Gasteiger partial charge in [0.15, 0.2) is 18.9 Å². The molecule has 210 valence electrons. The van der Waals surface area contributed by atoms with Crippen molar-refractivity contribution in [1.29, 1.82) is 0 Å². The van der Waals surface area contributed by atoms with Crippen molar-refractivity contribution in [2.75, 3.05) is 13.2 Å². The molecule has 15 atom stereocenters. The molecule has 0 aromatic heterocycles. The summed E-state index contributed by atoms with van der Waals surface area (Å²) in [7, 11) is 0. The smallest absolute Gasteiger partial charge is 0.217 e. The van der Waals surface area contributed by atoms with Gasteiger partial charge in [-0.25, -0.2) is 0 Å². The number of rotatable bonds is 7. The van der Waals surface area contributed by atoms with Gasteiger partial charge < -0.3 is 75.0 Å². The number of hydrogen-bond donors (Lipinski definition) is 10. The zero-order valence-electron chi connectivity index (χ0n) is 19.5. The quantitative estimate of drug-likeness (QED) is 0.147. The maximum atomic E-state index is 11.7. The highest BCUT2D eigenvalue weighted by molar-refractivity contribution is 5.73. The maximum Gasteiger partial charge on any atom is 0.217 e. The highest BCUT2D eigenvalue weighted by Gasteiger charge is 2.51. The van der Waals surface area contributed by atoms with Gasteiger partial charge in [-0.1, -0.05) is 0 Å². The molecule has 0 spiro atoms. The van der Waals surface area contributed by atoms with Crippen molar-refractivity contribution >= 4 is 5.91 Å². The van der Waals surface area contributed by atoms with E-state index >= 15 is 0 Å². The van der Waals surface area contributed by atoms with Gasteiger partial charge in [-0.15, -0.1) is 0 Å². The molecule has 0 saturated carbocycles. The molecule has 16 heteroatoms. The van der Waals surface area contributed by atoms with Gasteiger partial charge in [-0.2, -0.15) is 0 Å². The topological polar surface area (TPSA) is 257 Å². The lowest BCUT2D eigenvalue weighted by Gasteiger charge is -2.47. The van der Waals surface area contributed by atoms with Gasteiger partial charge in [0, 0.05) is 6.92 Å². The number of ether oxygens (including phenoxy) is 5. The van der Waals surface area contributed by atoms with E-state index in [-0.39, 0.29) is 0 Å². The second-order valence-corrected chi connectivity index (χ2v) is 9.09. The molecule has 0 radical (unpaired) electrons. The molecule has 3 saturated heterocycles. The van der Waals surface area contributed by atoms with Crippen molar-refractivity contribution in [3.63, 3.8) is 0 Å². The van der Waals surface area contributed by atoms with Crippen LogP contribution in [0.25, 0.3) is 0 Å². The number of nitrogens with one attached hydrogen (secondary N) is 1. The highest BCUT2D eigenvalue weighted by Crippen LogP contribution is 2.30. The highest BCUT2D eigenvalue weighted by atomic mass is 16.7. The predicted molar refractivity (Wildman–Crippen MR) is 111 cm³/mol. The molecule has 10 N–H and O–H groups in total. The third kappa shape index (κ3) is 6.13. The molecular weight excluding hydrogens is 494 g/mol. The van der Waals surface area contributed by atoms with Crippen molar-refractivity contribution in [3.05, 3.63) is 0 Å². The van der Waals surface area contributed by atoms with Crippen LogP contribution in [0.15, 0.2) is 0 Å². The summed E-state index contributed by atoms with van der Waals surface area (Å²) in [4.78, 5) is 11.7. The van der Waals surface area contributed by atoms with E-state index in [4.69, 9.17) is 23.7 Å². The van der Waals surface area contributed by atoms with Crippen LogP contribution < -0.4 is 5.32 Å². The second kappa shape index (κ2) is 12.2. The minimum atomic E-state index is -1.76. The molecule has 36 heavy (non-hydrogen) atoms. The van der Waals surface area contributed by atoms with E-state index in [1.165, 1.54) is 6.92 Å². The van der Waals surface area contributed by atoms with Gasteiger partial charge in [-0.05, 0) is 6.92 Å². The minimum Gasteiger partial charge on any atom is -0.394 e. The van der Waals surface area contributed by atoms with Crippen LogP contribution in [0.4, 0.5) is 0 Å². The van der Waals surface area contributed by atoms with Crippen molar-refractivity contribution in [2.24, 2.45) is 0 Å². The van der Waals surface area contributed by atoms with E-state index in [9.17, 15) is 50.8 Å². The lowest BCUT2D eigenvalue weighted by atomic mass is 9.95. The van der Waals surface area contributed by atoms with Crippen LogP contribution in [0.2, 0.25) is 0 Å². The van der Waals surface area contributed by atoms with Crippen LogP contribution in [0.3, 0.4) is 0 Å². The summed E-state index contributed by atoms with van der Waals surface area (Å²) >= 11 is 0. The molecule has 1 amide bonds. The number of aliphatic hydroxyl groups is 9. The summed E-state index contributed by atoms with van der Waals surface area (Å²) in [5.41, 5.74) is 0. The van der Waals surface area contributed by atoms with E-state index < -0.39 is 111 Å². The first kappa shape index (κ1) is 29.5. The average molecular weight is 529 g/mol. The molecule has 3 rings (SSSR count). The summed E-state index contributed by atoms with van der Waals surface area (Å²) in [6, 6.07) is -1.36. The Morgan fingerprint density at radius 1 is 0.778 bits per heavy atom. The zero-order chi connectivity index (χ0) is 26.9. The maximum absolute atomic E-state index is 11.7. The fourth-order valence-corrected chi connectivity index (χ4v) is 4.30. The van der Waals surface area contributed by atoms with Gasteiger partial charge in [-0.3, -0.25) is 4.79 Å². The second-order valence-electron chi connectivity index (χ2n) is 9.09. The van der Waals surface area contributed by atoms with Crippen LogP contribution >= 0.6 is 0 Å². The summed E-state index contributed by atoms with van der Waals surface area (Å²) in [6.45, 7) is 1.29. The molecule has 0 aromatic rings. The Labute approximate surface area is 205 Å². The van der Waals surface area contributed by atoms with Gasteiger partial charge >= 0.3 is 0 Å². The molecular formula is C20H35NO15. The summed E-state index contributed by atoms with van der Waals surface area (Å²) in [5.74, 6) is -0.617. The van der Waals surface area contributed by atoms with Crippen LogP contribution in [-0.2, 0) is 28.5 Å². The van der Waals surface area contributed by atoms with Crippen LogP contribution in [0, 0.1) is 0 Å². The molecule has 0 aliphatic carbocycles. The molecule has 3 heterocycles. The van der Waals surface area contributed by atoms with Crippen molar-refractivity contribution in [2.45, 2.75) is 106 Å². The van der Waals surface area contributed by atoms with Crippen molar-refractivity contribution < 1.29 is 74.4 Å². The lowest BCUT2D eigenvalue weighted by molar-refractivity contribution is -0.345. The predicted octanol–water partition coefficient (Wildman–Crippen LogP) is -6.40. The molecule has 0 unspecified atom stereocenters. The number of carbonyl (C=O) groups excluding carboxylic acids is 1. The molecule has 16 nitrogen and oxygen atoms in total. The lowest BCUT2D eigenvalue weighted by Crippen LogP contribution is -2.67. The Hall–Kier alpha value is -1.09. The van der Waals surface area contributed by atoms with Gasteiger partial charge in [0.25, 0.3) is 0 Å². The Morgan fingerprint density at radius 2 is 1.39 bits per heavy atom. The third-order valence-corrected chi connectivity index (χ3v) is 6.44. The molecule has 3 fully saturated rings.